The molecule has 0 atom stereocenters. The number of nitrogens with one attached hydrogen (secondary N) is 1. The van der Waals surface area contributed by atoms with E-state index in [0.29, 0.717) is 39.3 Å². The van der Waals surface area contributed by atoms with Gasteiger partial charge in [-0.15, -0.1) is 0 Å². The number of anilines is 1. The third kappa shape index (κ3) is 4.13. The zero-order valence-electron chi connectivity index (χ0n) is 16.9. The summed E-state index contributed by atoms with van der Waals surface area (Å²) in [6.45, 7) is 0.0805. The van der Waals surface area contributed by atoms with E-state index in [9.17, 15) is 9.59 Å². The second-order valence-electron chi connectivity index (χ2n) is 7.09. The highest BCUT2D eigenvalue weighted by Gasteiger charge is 2.34. The minimum absolute atomic E-state index is 0.0179. The van der Waals surface area contributed by atoms with Crippen LogP contribution in [0.4, 0.5) is 5.69 Å². The van der Waals surface area contributed by atoms with Crippen molar-refractivity contribution in [2.24, 2.45) is 0 Å². The van der Waals surface area contributed by atoms with E-state index in [4.69, 9.17) is 38.0 Å². The Hall–Kier alpha value is -3.88. The maximum atomic E-state index is 13.3. The lowest BCUT2D eigenvalue weighted by Crippen LogP contribution is -2.54. The van der Waals surface area contributed by atoms with Crippen molar-refractivity contribution in [2.75, 3.05) is 11.7 Å². The van der Waals surface area contributed by atoms with Gasteiger partial charge >= 0.3 is 0 Å². The Morgan fingerprint density at radius 3 is 2.36 bits per heavy atom. The third-order valence-corrected chi connectivity index (χ3v) is 5.58. The predicted octanol–water partition coefficient (Wildman–Crippen LogP) is 4.69. The van der Waals surface area contributed by atoms with Crippen molar-refractivity contribution in [3.05, 3.63) is 82.9 Å². The average Bonchev–Trinajstić information content (AvgIpc) is 3.25. The number of benzene rings is 3. The molecular formula is C24H15ClN2O5S. The normalized spacial score (nSPS) is 16.2. The SMILES string of the molecule is O=C1NC(=S)N(c2ccc(Oc3ccccc3)cc2)C(=O)/C1=C/c1cc2c(cc1Cl)OCO2. The molecule has 2 aliphatic heterocycles. The first-order valence-corrected chi connectivity index (χ1v) is 10.6. The quantitative estimate of drug-likeness (QED) is 0.333. The first-order chi connectivity index (χ1) is 16.0. The first-order valence-electron chi connectivity index (χ1n) is 9.83. The maximum absolute atomic E-state index is 13.3. The third-order valence-electron chi connectivity index (χ3n) is 4.97. The van der Waals surface area contributed by atoms with Crippen LogP contribution < -0.4 is 24.4 Å². The summed E-state index contributed by atoms with van der Waals surface area (Å²) in [6, 6.07) is 19.3. The van der Waals surface area contributed by atoms with Gasteiger partial charge in [0.05, 0.1) is 10.7 Å². The standard InChI is InChI=1S/C24H15ClN2O5S/c25-19-12-21-20(30-13-31-21)11-14(19)10-18-22(28)26-24(33)27(23(18)29)15-6-8-17(9-7-15)32-16-4-2-1-3-5-16/h1-12H,13H2,(H,26,28,33)/b18-10+. The van der Waals surface area contributed by atoms with Crippen molar-refractivity contribution in [3.8, 4) is 23.0 Å². The molecule has 5 rings (SSSR count). The lowest BCUT2D eigenvalue weighted by Gasteiger charge is -2.29. The summed E-state index contributed by atoms with van der Waals surface area (Å²) in [4.78, 5) is 27.1. The molecule has 0 spiro atoms. The smallest absolute Gasteiger partial charge is 0.270 e. The molecule has 2 aliphatic rings. The molecule has 7 nitrogen and oxygen atoms in total. The molecule has 0 aromatic heterocycles. The van der Waals surface area contributed by atoms with Gasteiger partial charge in [-0.25, -0.2) is 0 Å². The van der Waals surface area contributed by atoms with E-state index in [1.807, 2.05) is 30.3 Å². The topological polar surface area (TPSA) is 77.1 Å². The molecule has 0 saturated carbocycles. The van der Waals surface area contributed by atoms with Crippen LogP contribution >= 0.6 is 23.8 Å². The van der Waals surface area contributed by atoms with E-state index in [0.717, 1.165) is 0 Å². The molecule has 1 saturated heterocycles. The summed E-state index contributed by atoms with van der Waals surface area (Å²) in [7, 11) is 0. The first kappa shape index (κ1) is 21.0. The number of hydrogen-bond donors (Lipinski definition) is 1. The number of para-hydroxylation sites is 1. The number of carbonyl (C=O) groups excluding carboxylic acids is 2. The summed E-state index contributed by atoms with van der Waals surface area (Å²) in [5.41, 5.74) is 0.806. The van der Waals surface area contributed by atoms with Crippen LogP contribution in [-0.2, 0) is 9.59 Å². The average molecular weight is 479 g/mol. The molecule has 2 heterocycles. The highest BCUT2D eigenvalue weighted by molar-refractivity contribution is 7.80. The molecule has 33 heavy (non-hydrogen) atoms. The van der Waals surface area contributed by atoms with Crippen molar-refractivity contribution < 1.29 is 23.8 Å². The second kappa shape index (κ2) is 8.57. The lowest BCUT2D eigenvalue weighted by molar-refractivity contribution is -0.122. The minimum Gasteiger partial charge on any atom is -0.457 e. The molecule has 164 valence electrons. The van der Waals surface area contributed by atoms with Crippen molar-refractivity contribution >= 4 is 52.5 Å². The second-order valence-corrected chi connectivity index (χ2v) is 7.89. The van der Waals surface area contributed by atoms with Crippen LogP contribution in [0.5, 0.6) is 23.0 Å². The molecule has 0 bridgehead atoms. The monoisotopic (exact) mass is 478 g/mol. The summed E-state index contributed by atoms with van der Waals surface area (Å²) in [5.74, 6) is 1.08. The number of ether oxygens (including phenoxy) is 3. The fraction of sp³-hybridized carbons (Fsp3) is 0.0417. The van der Waals surface area contributed by atoms with Gasteiger partial charge in [0.25, 0.3) is 11.8 Å². The van der Waals surface area contributed by atoms with Gasteiger partial charge in [-0.3, -0.25) is 19.8 Å². The fourth-order valence-electron chi connectivity index (χ4n) is 3.38. The molecule has 3 aromatic carbocycles. The van der Waals surface area contributed by atoms with E-state index >= 15 is 0 Å². The van der Waals surface area contributed by atoms with E-state index in [-0.39, 0.29) is 17.5 Å². The number of fused-ring (bicyclic) bond motifs is 1. The van der Waals surface area contributed by atoms with Crippen LogP contribution in [0.15, 0.2) is 72.3 Å². The largest absolute Gasteiger partial charge is 0.457 e. The Morgan fingerprint density at radius 1 is 0.970 bits per heavy atom. The molecule has 0 radical (unpaired) electrons. The summed E-state index contributed by atoms with van der Waals surface area (Å²) < 4.78 is 16.4. The Labute approximate surface area is 199 Å². The van der Waals surface area contributed by atoms with Crippen LogP contribution in [0, 0.1) is 0 Å². The Morgan fingerprint density at radius 2 is 1.64 bits per heavy atom. The molecule has 0 aliphatic carbocycles. The molecular weight excluding hydrogens is 464 g/mol. The molecule has 3 aromatic rings. The number of nitrogens with zero attached hydrogens (tertiary/aromatic N) is 1. The number of thiocarbonyl (C=S) groups is 1. The lowest BCUT2D eigenvalue weighted by atomic mass is 10.1. The van der Waals surface area contributed by atoms with Crippen LogP contribution in [0.2, 0.25) is 5.02 Å². The molecule has 2 amide bonds. The van der Waals surface area contributed by atoms with Gasteiger partial charge in [-0.05, 0) is 66.3 Å². The summed E-state index contributed by atoms with van der Waals surface area (Å²) in [5, 5.41) is 2.85. The van der Waals surface area contributed by atoms with E-state index in [2.05, 4.69) is 5.32 Å². The molecule has 1 fully saturated rings. The summed E-state index contributed by atoms with van der Waals surface area (Å²) >= 11 is 11.6. The number of halogens is 1. The van der Waals surface area contributed by atoms with Gasteiger partial charge in [0.2, 0.25) is 6.79 Å². The highest BCUT2D eigenvalue weighted by Crippen LogP contribution is 2.38. The summed E-state index contributed by atoms with van der Waals surface area (Å²) in [6.07, 6.45) is 1.41. The zero-order valence-corrected chi connectivity index (χ0v) is 18.5. The van der Waals surface area contributed by atoms with Gasteiger partial charge in [-0.1, -0.05) is 29.8 Å². The van der Waals surface area contributed by atoms with Crippen molar-refractivity contribution in [2.45, 2.75) is 0 Å². The van der Waals surface area contributed by atoms with Gasteiger partial charge in [-0.2, -0.15) is 0 Å². The van der Waals surface area contributed by atoms with E-state index in [1.54, 1.807) is 36.4 Å². The van der Waals surface area contributed by atoms with E-state index in [1.165, 1.54) is 11.0 Å². The van der Waals surface area contributed by atoms with Gasteiger partial charge in [0, 0.05) is 6.07 Å². The molecule has 0 unspecified atom stereocenters. The van der Waals surface area contributed by atoms with Crippen LogP contribution in [0.1, 0.15) is 5.56 Å². The van der Waals surface area contributed by atoms with Crippen molar-refractivity contribution in [1.29, 1.82) is 0 Å². The van der Waals surface area contributed by atoms with Crippen LogP contribution in [-0.4, -0.2) is 23.7 Å². The minimum atomic E-state index is -0.612. The number of rotatable bonds is 4. The highest BCUT2D eigenvalue weighted by atomic mass is 35.5. The van der Waals surface area contributed by atoms with Gasteiger partial charge < -0.3 is 14.2 Å². The number of hydrogen-bond acceptors (Lipinski definition) is 6. The Bertz CT molecular complexity index is 1310. The van der Waals surface area contributed by atoms with Crippen molar-refractivity contribution in [3.63, 3.8) is 0 Å². The van der Waals surface area contributed by atoms with E-state index < -0.39 is 11.8 Å². The van der Waals surface area contributed by atoms with Gasteiger partial charge in [0.1, 0.15) is 17.1 Å². The molecule has 1 N–H and O–H groups in total. The number of amides is 2. The Balaban J connectivity index is 1.43. The van der Waals surface area contributed by atoms with Crippen molar-refractivity contribution in [1.82, 2.24) is 5.32 Å². The number of carbonyl (C=O) groups is 2. The van der Waals surface area contributed by atoms with Crippen LogP contribution in [0.25, 0.3) is 6.08 Å². The Kier molecular flexibility index (Phi) is 5.45. The zero-order chi connectivity index (χ0) is 22.9. The predicted molar refractivity (Wildman–Crippen MR) is 127 cm³/mol. The van der Waals surface area contributed by atoms with Crippen LogP contribution in [0.3, 0.4) is 0 Å². The maximum Gasteiger partial charge on any atom is 0.270 e. The molecule has 9 heteroatoms. The fourth-order valence-corrected chi connectivity index (χ4v) is 3.87. The van der Waals surface area contributed by atoms with Gasteiger partial charge in [0.15, 0.2) is 16.6 Å².